The molecule has 1 atom stereocenters. The van der Waals surface area contributed by atoms with E-state index in [9.17, 15) is 14.4 Å². The highest BCUT2D eigenvalue weighted by atomic mass is 16.6. The molecule has 0 N–H and O–H groups in total. The molecule has 1 unspecified atom stereocenters. The van der Waals surface area contributed by atoms with Crippen LogP contribution in [-0.4, -0.2) is 37.2 Å². The summed E-state index contributed by atoms with van der Waals surface area (Å²) in [5.74, 6) is -0.961. The Morgan fingerprint density at radius 1 is 0.328 bits per heavy atom. The minimum atomic E-state index is -0.797. The Morgan fingerprint density at radius 2 is 0.623 bits per heavy atom. The Hall–Kier alpha value is -2.89. The maximum absolute atomic E-state index is 12.8. The van der Waals surface area contributed by atoms with Crippen LogP contribution in [0.4, 0.5) is 0 Å². The molecule has 61 heavy (non-hydrogen) atoms. The van der Waals surface area contributed by atoms with Gasteiger partial charge in [-0.15, -0.1) is 0 Å². The Morgan fingerprint density at radius 3 is 1.08 bits per heavy atom. The van der Waals surface area contributed by atoms with E-state index >= 15 is 0 Å². The highest BCUT2D eigenvalue weighted by Gasteiger charge is 2.19. The molecule has 0 amide bonds. The van der Waals surface area contributed by atoms with Crippen molar-refractivity contribution in [3.63, 3.8) is 0 Å². The summed E-state index contributed by atoms with van der Waals surface area (Å²) in [6.07, 6.45) is 60.7. The van der Waals surface area contributed by atoms with Crippen LogP contribution in [-0.2, 0) is 28.6 Å². The lowest BCUT2D eigenvalue weighted by Crippen LogP contribution is -2.30. The minimum Gasteiger partial charge on any atom is -0.462 e. The Bertz CT molecular complexity index is 1120. The molecule has 0 aliphatic heterocycles. The fraction of sp³-hybridized carbons (Fsp3) is 0.764. The van der Waals surface area contributed by atoms with Gasteiger partial charge in [0.2, 0.25) is 0 Å². The molecule has 0 radical (unpaired) electrons. The first kappa shape index (κ1) is 58.1. The zero-order valence-electron chi connectivity index (χ0n) is 40.2. The molecule has 0 saturated heterocycles. The summed E-state index contributed by atoms with van der Waals surface area (Å²) in [5, 5.41) is 0. The summed E-state index contributed by atoms with van der Waals surface area (Å²) < 4.78 is 16.7. The Kier molecular flexibility index (Phi) is 47.4. The van der Waals surface area contributed by atoms with E-state index in [-0.39, 0.29) is 37.5 Å². The molecule has 6 nitrogen and oxygen atoms in total. The third-order valence-electron chi connectivity index (χ3n) is 11.0. The van der Waals surface area contributed by atoms with Gasteiger partial charge in [0.25, 0.3) is 0 Å². The topological polar surface area (TPSA) is 78.9 Å². The summed E-state index contributed by atoms with van der Waals surface area (Å²) >= 11 is 0. The number of esters is 3. The van der Waals surface area contributed by atoms with Crippen LogP contribution >= 0.6 is 0 Å². The number of hydrogen-bond donors (Lipinski definition) is 0. The van der Waals surface area contributed by atoms with Gasteiger partial charge in [0.15, 0.2) is 6.10 Å². The van der Waals surface area contributed by atoms with Gasteiger partial charge in [0, 0.05) is 19.3 Å². The van der Waals surface area contributed by atoms with Crippen molar-refractivity contribution in [3.05, 3.63) is 60.8 Å². The van der Waals surface area contributed by atoms with Crippen molar-refractivity contribution in [2.24, 2.45) is 0 Å². The minimum absolute atomic E-state index is 0.0956. The van der Waals surface area contributed by atoms with Gasteiger partial charge in [0.05, 0.1) is 0 Å². The first-order valence-electron chi connectivity index (χ1n) is 25.8. The maximum Gasteiger partial charge on any atom is 0.306 e. The van der Waals surface area contributed by atoms with E-state index in [2.05, 4.69) is 81.5 Å². The van der Waals surface area contributed by atoms with E-state index < -0.39 is 6.10 Å². The van der Waals surface area contributed by atoms with E-state index in [4.69, 9.17) is 14.2 Å². The number of hydrogen-bond acceptors (Lipinski definition) is 6. The normalized spacial score (nSPS) is 12.5. The van der Waals surface area contributed by atoms with Crippen LogP contribution in [0, 0.1) is 0 Å². The van der Waals surface area contributed by atoms with Crippen LogP contribution in [0.1, 0.15) is 252 Å². The number of unbranched alkanes of at least 4 members (excludes halogenated alkanes) is 25. The first-order chi connectivity index (χ1) is 30.0. The zero-order valence-corrected chi connectivity index (χ0v) is 40.2. The monoisotopic (exact) mass is 853 g/mol. The van der Waals surface area contributed by atoms with Gasteiger partial charge in [-0.25, -0.2) is 0 Å². The molecule has 0 aliphatic carbocycles. The van der Waals surface area contributed by atoms with E-state index in [1.54, 1.807) is 0 Å². The highest BCUT2D eigenvalue weighted by molar-refractivity contribution is 5.71. The van der Waals surface area contributed by atoms with Crippen LogP contribution < -0.4 is 0 Å². The first-order valence-corrected chi connectivity index (χ1v) is 25.8. The van der Waals surface area contributed by atoms with E-state index in [0.717, 1.165) is 83.5 Å². The van der Waals surface area contributed by atoms with E-state index in [0.29, 0.717) is 19.3 Å². The van der Waals surface area contributed by atoms with Crippen molar-refractivity contribution < 1.29 is 28.6 Å². The Balaban J connectivity index is 4.43. The van der Waals surface area contributed by atoms with Gasteiger partial charge in [-0.1, -0.05) is 216 Å². The number of ether oxygens (including phenoxy) is 3. The lowest BCUT2D eigenvalue weighted by Gasteiger charge is -2.18. The quantitative estimate of drug-likeness (QED) is 0.0263. The maximum atomic E-state index is 12.8. The van der Waals surface area contributed by atoms with E-state index in [1.165, 1.54) is 122 Å². The highest BCUT2D eigenvalue weighted by Crippen LogP contribution is 2.15. The molecule has 0 fully saturated rings. The molecule has 0 saturated carbocycles. The molecule has 0 aromatic rings. The van der Waals surface area contributed by atoms with Crippen LogP contribution in [0.2, 0.25) is 0 Å². The number of allylic oxidation sites excluding steroid dienone is 10. The summed E-state index contributed by atoms with van der Waals surface area (Å²) in [4.78, 5) is 37.9. The van der Waals surface area contributed by atoms with Crippen molar-refractivity contribution in [1.82, 2.24) is 0 Å². The number of carbonyl (C=O) groups is 3. The molecule has 0 heterocycles. The van der Waals surface area contributed by atoms with E-state index in [1.807, 2.05) is 0 Å². The van der Waals surface area contributed by atoms with Crippen molar-refractivity contribution >= 4 is 17.9 Å². The van der Waals surface area contributed by atoms with Crippen LogP contribution in [0.15, 0.2) is 60.8 Å². The molecule has 0 aromatic carbocycles. The molecule has 0 spiro atoms. The van der Waals surface area contributed by atoms with Gasteiger partial charge < -0.3 is 14.2 Å². The molecule has 0 bridgehead atoms. The average molecular weight is 853 g/mol. The van der Waals surface area contributed by atoms with Gasteiger partial charge in [-0.05, 0) is 77.0 Å². The predicted octanol–water partition coefficient (Wildman–Crippen LogP) is 16.9. The van der Waals surface area contributed by atoms with Gasteiger partial charge in [-0.2, -0.15) is 0 Å². The lowest BCUT2D eigenvalue weighted by atomic mass is 10.0. The predicted molar refractivity (Wildman–Crippen MR) is 261 cm³/mol. The third-order valence-corrected chi connectivity index (χ3v) is 11.0. The summed E-state index contributed by atoms with van der Waals surface area (Å²) in [7, 11) is 0. The second kappa shape index (κ2) is 49.8. The molecular formula is C55H96O6. The average Bonchev–Trinajstić information content (AvgIpc) is 3.26. The summed E-state index contributed by atoms with van der Waals surface area (Å²) in [5.41, 5.74) is 0. The largest absolute Gasteiger partial charge is 0.462 e. The van der Waals surface area contributed by atoms with Crippen LogP contribution in [0.25, 0.3) is 0 Å². The summed E-state index contributed by atoms with van der Waals surface area (Å²) in [6.45, 7) is 6.52. The van der Waals surface area contributed by atoms with Crippen LogP contribution in [0.3, 0.4) is 0 Å². The van der Waals surface area contributed by atoms with Crippen molar-refractivity contribution in [1.29, 1.82) is 0 Å². The SMILES string of the molecule is CCCC/C=C\CCCCCCC(=O)OCC(COC(=O)CCC/C=C\C/C=C\C/C=C\C/C=C\CCCCC)OC(=O)CCCCCCCCCCCCCCCCCC. The standard InChI is InChI=1S/C55H96O6/c1-4-7-10-13-16-19-22-24-26-28-30-31-33-36-39-42-45-48-54(57)60-51-52(50-59-53(56)47-44-41-38-35-21-18-15-12-9-6-3)61-55(58)49-46-43-40-37-34-32-29-27-25-23-20-17-14-11-8-5-2/h15-16,18-19,24,26,30-31,36,39,52H,4-14,17,20-23,25,27-29,32-35,37-38,40-51H2,1-3H3/b18-15-,19-16-,26-24-,31-30-,39-36-. The zero-order chi connectivity index (χ0) is 44.4. The third kappa shape index (κ3) is 48.0. The molecule has 0 aliphatic rings. The van der Waals surface area contributed by atoms with Crippen molar-refractivity contribution in [2.45, 2.75) is 258 Å². The number of carbonyl (C=O) groups excluding carboxylic acids is 3. The molecule has 0 rings (SSSR count). The van der Waals surface area contributed by atoms with Crippen molar-refractivity contribution in [3.8, 4) is 0 Å². The molecular weight excluding hydrogens is 757 g/mol. The van der Waals surface area contributed by atoms with Crippen LogP contribution in [0.5, 0.6) is 0 Å². The second-order valence-corrected chi connectivity index (χ2v) is 17.1. The smallest absolute Gasteiger partial charge is 0.306 e. The Labute approximate surface area is 377 Å². The summed E-state index contributed by atoms with van der Waals surface area (Å²) in [6, 6.07) is 0. The van der Waals surface area contributed by atoms with Gasteiger partial charge >= 0.3 is 17.9 Å². The van der Waals surface area contributed by atoms with Gasteiger partial charge in [-0.3, -0.25) is 14.4 Å². The second-order valence-electron chi connectivity index (χ2n) is 17.1. The molecule has 6 heteroatoms. The fourth-order valence-electron chi connectivity index (χ4n) is 7.06. The fourth-order valence-corrected chi connectivity index (χ4v) is 7.06. The van der Waals surface area contributed by atoms with Gasteiger partial charge in [0.1, 0.15) is 13.2 Å². The lowest BCUT2D eigenvalue weighted by molar-refractivity contribution is -0.167. The molecule has 0 aromatic heterocycles. The number of rotatable bonds is 46. The molecule has 352 valence electrons. The van der Waals surface area contributed by atoms with Crippen molar-refractivity contribution in [2.75, 3.05) is 13.2 Å².